The van der Waals surface area contributed by atoms with Crippen molar-refractivity contribution >= 4 is 34.0 Å². The standard InChI is InChI=1S/C15H19N3O2S/c1-21-10-6-2-3-9-13-15(18(19)20)14(16)11-7-4-5-8-12(11)17-13/h4-5,7-8H,2-3,6,9-10H2,1H3,(H2,16,17). The number of pyridine rings is 1. The lowest BCUT2D eigenvalue weighted by atomic mass is 10.1. The highest BCUT2D eigenvalue weighted by Gasteiger charge is 2.22. The molecule has 0 fully saturated rings. The number of hydrogen-bond donors (Lipinski definition) is 1. The van der Waals surface area contributed by atoms with Crippen LogP contribution in [0.1, 0.15) is 25.0 Å². The summed E-state index contributed by atoms with van der Waals surface area (Å²) in [5.74, 6) is 1.12. The molecule has 0 unspecified atom stereocenters. The second-order valence-electron chi connectivity index (χ2n) is 4.90. The minimum atomic E-state index is -0.411. The van der Waals surface area contributed by atoms with Crippen molar-refractivity contribution < 1.29 is 4.92 Å². The van der Waals surface area contributed by atoms with Crippen LogP contribution >= 0.6 is 11.8 Å². The van der Waals surface area contributed by atoms with Gasteiger partial charge < -0.3 is 5.73 Å². The summed E-state index contributed by atoms with van der Waals surface area (Å²) in [7, 11) is 0. The number of nitrogens with two attached hydrogens (primary N) is 1. The van der Waals surface area contributed by atoms with Crippen molar-refractivity contribution in [2.75, 3.05) is 17.7 Å². The van der Waals surface area contributed by atoms with Crippen molar-refractivity contribution in [3.8, 4) is 0 Å². The number of nitrogen functional groups attached to an aromatic ring is 1. The number of thioether (sulfide) groups is 1. The molecule has 0 amide bonds. The Bertz CT molecular complexity index is 646. The third-order valence-electron chi connectivity index (χ3n) is 3.42. The molecular weight excluding hydrogens is 286 g/mol. The number of anilines is 1. The quantitative estimate of drug-likeness (QED) is 0.478. The second-order valence-corrected chi connectivity index (χ2v) is 5.88. The number of unbranched alkanes of at least 4 members (excludes halogenated alkanes) is 2. The van der Waals surface area contributed by atoms with Gasteiger partial charge in [-0.05, 0) is 37.3 Å². The maximum Gasteiger partial charge on any atom is 0.314 e. The monoisotopic (exact) mass is 305 g/mol. The zero-order chi connectivity index (χ0) is 15.2. The number of rotatable bonds is 7. The fraction of sp³-hybridized carbons (Fsp3) is 0.400. The summed E-state index contributed by atoms with van der Waals surface area (Å²) in [4.78, 5) is 15.3. The number of aromatic nitrogens is 1. The van der Waals surface area contributed by atoms with Crippen molar-refractivity contribution in [1.29, 1.82) is 0 Å². The number of hydrogen-bond acceptors (Lipinski definition) is 5. The Morgan fingerprint density at radius 3 is 2.76 bits per heavy atom. The molecule has 0 aliphatic heterocycles. The first kappa shape index (κ1) is 15.6. The van der Waals surface area contributed by atoms with Crippen molar-refractivity contribution in [3.63, 3.8) is 0 Å². The van der Waals surface area contributed by atoms with Gasteiger partial charge in [0, 0.05) is 5.39 Å². The number of benzene rings is 1. The van der Waals surface area contributed by atoms with Crippen LogP contribution in [0, 0.1) is 10.1 Å². The van der Waals surface area contributed by atoms with Crippen LogP contribution in [0.25, 0.3) is 10.9 Å². The molecule has 6 heteroatoms. The lowest BCUT2D eigenvalue weighted by Gasteiger charge is -2.08. The third kappa shape index (κ3) is 3.64. The van der Waals surface area contributed by atoms with E-state index in [0.29, 0.717) is 17.5 Å². The average molecular weight is 305 g/mol. The molecular formula is C15H19N3O2S. The second kappa shape index (κ2) is 7.26. The summed E-state index contributed by atoms with van der Waals surface area (Å²) in [5.41, 5.74) is 7.41. The van der Waals surface area contributed by atoms with E-state index in [1.54, 1.807) is 6.07 Å². The van der Waals surface area contributed by atoms with E-state index < -0.39 is 4.92 Å². The molecule has 0 saturated carbocycles. The van der Waals surface area contributed by atoms with Gasteiger partial charge in [-0.3, -0.25) is 10.1 Å². The molecule has 112 valence electrons. The van der Waals surface area contributed by atoms with E-state index in [4.69, 9.17) is 5.73 Å². The van der Waals surface area contributed by atoms with Gasteiger partial charge in [0.1, 0.15) is 11.4 Å². The first-order valence-electron chi connectivity index (χ1n) is 6.95. The maximum atomic E-state index is 11.3. The Morgan fingerprint density at radius 2 is 2.05 bits per heavy atom. The van der Waals surface area contributed by atoms with Gasteiger partial charge in [0.2, 0.25) is 0 Å². The first-order valence-corrected chi connectivity index (χ1v) is 8.35. The Hall–Kier alpha value is -1.82. The van der Waals surface area contributed by atoms with Crippen LogP contribution in [0.15, 0.2) is 24.3 Å². The van der Waals surface area contributed by atoms with Gasteiger partial charge in [0.05, 0.1) is 10.4 Å². The van der Waals surface area contributed by atoms with Gasteiger partial charge in [0.25, 0.3) is 0 Å². The third-order valence-corrected chi connectivity index (χ3v) is 4.12. The molecule has 2 aromatic rings. The van der Waals surface area contributed by atoms with Crippen LogP contribution in [0.3, 0.4) is 0 Å². The molecule has 5 nitrogen and oxygen atoms in total. The van der Waals surface area contributed by atoms with Gasteiger partial charge in [0.15, 0.2) is 0 Å². The number of fused-ring (bicyclic) bond motifs is 1. The fourth-order valence-electron chi connectivity index (χ4n) is 2.37. The average Bonchev–Trinajstić information content (AvgIpc) is 2.47. The predicted molar refractivity (Wildman–Crippen MR) is 88.7 cm³/mol. The number of aryl methyl sites for hydroxylation is 1. The summed E-state index contributed by atoms with van der Waals surface area (Å²) in [6.07, 6.45) is 5.74. The normalized spacial score (nSPS) is 10.9. The van der Waals surface area contributed by atoms with Crippen LogP contribution in [-0.4, -0.2) is 21.9 Å². The summed E-state index contributed by atoms with van der Waals surface area (Å²) >= 11 is 1.82. The molecule has 2 rings (SSSR count). The topological polar surface area (TPSA) is 82.0 Å². The highest BCUT2D eigenvalue weighted by atomic mass is 32.2. The number of nitrogens with zero attached hydrogens (tertiary/aromatic N) is 2. The summed E-state index contributed by atoms with van der Waals surface area (Å²) in [6, 6.07) is 7.29. The van der Waals surface area contributed by atoms with E-state index in [-0.39, 0.29) is 11.4 Å². The van der Waals surface area contributed by atoms with Gasteiger partial charge >= 0.3 is 5.69 Å². The largest absolute Gasteiger partial charge is 0.393 e. The molecule has 1 aromatic heterocycles. The smallest absolute Gasteiger partial charge is 0.314 e. The molecule has 0 aliphatic carbocycles. The van der Waals surface area contributed by atoms with Crippen molar-refractivity contribution in [2.24, 2.45) is 0 Å². The number of para-hydroxylation sites is 1. The Kier molecular flexibility index (Phi) is 5.38. The predicted octanol–water partition coefficient (Wildman–Crippen LogP) is 3.80. The molecule has 0 aliphatic rings. The molecule has 1 heterocycles. The Balaban J connectivity index is 2.28. The fourth-order valence-corrected chi connectivity index (χ4v) is 2.87. The Labute approximate surface area is 128 Å². The highest BCUT2D eigenvalue weighted by molar-refractivity contribution is 7.98. The zero-order valence-corrected chi connectivity index (χ0v) is 12.9. The van der Waals surface area contributed by atoms with E-state index in [9.17, 15) is 10.1 Å². The van der Waals surface area contributed by atoms with E-state index in [2.05, 4.69) is 11.2 Å². The van der Waals surface area contributed by atoms with Crippen molar-refractivity contribution in [1.82, 2.24) is 4.98 Å². The molecule has 21 heavy (non-hydrogen) atoms. The molecule has 0 atom stereocenters. The van der Waals surface area contributed by atoms with Gasteiger partial charge in [-0.15, -0.1) is 0 Å². The molecule has 2 N–H and O–H groups in total. The summed E-state index contributed by atoms with van der Waals surface area (Å²) in [6.45, 7) is 0. The van der Waals surface area contributed by atoms with E-state index in [1.165, 1.54) is 0 Å². The molecule has 0 bridgehead atoms. The lowest BCUT2D eigenvalue weighted by Crippen LogP contribution is -2.04. The molecule has 1 aromatic carbocycles. The van der Waals surface area contributed by atoms with Crippen molar-refractivity contribution in [2.45, 2.75) is 25.7 Å². The maximum absolute atomic E-state index is 11.3. The van der Waals surface area contributed by atoms with Crippen LogP contribution < -0.4 is 5.73 Å². The molecule has 0 spiro atoms. The van der Waals surface area contributed by atoms with Crippen LogP contribution in [0.4, 0.5) is 11.4 Å². The van der Waals surface area contributed by atoms with E-state index in [0.717, 1.165) is 30.5 Å². The molecule has 0 radical (unpaired) electrons. The van der Waals surface area contributed by atoms with Crippen molar-refractivity contribution in [3.05, 3.63) is 40.1 Å². The summed E-state index contributed by atoms with van der Waals surface area (Å²) < 4.78 is 0. The van der Waals surface area contributed by atoms with Gasteiger partial charge in [-0.1, -0.05) is 24.6 Å². The SMILES string of the molecule is CSCCCCCc1nc2ccccc2c(N)c1[N+](=O)[O-]. The van der Waals surface area contributed by atoms with Crippen LogP contribution in [0.2, 0.25) is 0 Å². The molecule has 0 saturated heterocycles. The van der Waals surface area contributed by atoms with E-state index in [1.807, 2.05) is 30.0 Å². The Morgan fingerprint density at radius 1 is 1.29 bits per heavy atom. The van der Waals surface area contributed by atoms with Crippen LogP contribution in [-0.2, 0) is 6.42 Å². The summed E-state index contributed by atoms with van der Waals surface area (Å²) in [5, 5.41) is 12.0. The minimum absolute atomic E-state index is 0.0291. The zero-order valence-electron chi connectivity index (χ0n) is 12.0. The van der Waals surface area contributed by atoms with Crippen LogP contribution in [0.5, 0.6) is 0 Å². The minimum Gasteiger partial charge on any atom is -0.393 e. The first-order chi connectivity index (χ1) is 10.1. The van der Waals surface area contributed by atoms with Gasteiger partial charge in [-0.2, -0.15) is 11.8 Å². The lowest BCUT2D eigenvalue weighted by molar-refractivity contribution is -0.384. The number of nitro groups is 1. The highest BCUT2D eigenvalue weighted by Crippen LogP contribution is 2.32. The van der Waals surface area contributed by atoms with E-state index >= 15 is 0 Å². The van der Waals surface area contributed by atoms with Gasteiger partial charge in [-0.25, -0.2) is 4.98 Å².